The van der Waals surface area contributed by atoms with Crippen molar-refractivity contribution in [2.24, 2.45) is 5.73 Å². The smallest absolute Gasteiger partial charge is 0.0508 e. The van der Waals surface area contributed by atoms with Crippen LogP contribution in [-0.2, 0) is 12.8 Å². The van der Waals surface area contributed by atoms with Gasteiger partial charge in [-0.15, -0.1) is 0 Å². The van der Waals surface area contributed by atoms with Crippen LogP contribution in [0.2, 0.25) is 0 Å². The lowest BCUT2D eigenvalue weighted by atomic mass is 9.98. The lowest BCUT2D eigenvalue weighted by Crippen LogP contribution is -1.99. The minimum absolute atomic E-state index is 0.758. The third kappa shape index (κ3) is 4.16. The van der Waals surface area contributed by atoms with E-state index >= 15 is 0 Å². The molecular formula is C22H27BrN2. The Morgan fingerprint density at radius 1 is 1.00 bits per heavy atom. The number of aryl methyl sites for hydroxylation is 2. The summed E-state index contributed by atoms with van der Waals surface area (Å²) in [5.41, 5.74) is 12.3. The van der Waals surface area contributed by atoms with Crippen molar-refractivity contribution in [3.8, 4) is 11.3 Å². The second kappa shape index (κ2) is 8.68. The maximum Gasteiger partial charge on any atom is 0.0508 e. The summed E-state index contributed by atoms with van der Waals surface area (Å²) < 4.78 is 1.13. The number of benzene rings is 2. The number of nitrogens with one attached hydrogen (secondary N) is 1. The molecule has 3 rings (SSSR count). The number of fused-ring (bicyclic) bond motifs is 1. The van der Waals surface area contributed by atoms with Crippen LogP contribution in [0, 0.1) is 0 Å². The van der Waals surface area contributed by atoms with Gasteiger partial charge in [0.1, 0.15) is 0 Å². The molecule has 2 nitrogen and oxygen atoms in total. The predicted molar refractivity (Wildman–Crippen MR) is 112 cm³/mol. The Bertz CT molecular complexity index is 835. The summed E-state index contributed by atoms with van der Waals surface area (Å²) in [7, 11) is 0. The number of H-pyrrole nitrogens is 1. The molecule has 132 valence electrons. The summed E-state index contributed by atoms with van der Waals surface area (Å²) in [6.07, 6.45) is 6.89. The molecule has 0 saturated carbocycles. The number of hydrogen-bond acceptors (Lipinski definition) is 1. The summed E-state index contributed by atoms with van der Waals surface area (Å²) >= 11 is 3.71. The third-order valence-electron chi connectivity index (χ3n) is 4.81. The fourth-order valence-corrected chi connectivity index (χ4v) is 3.91. The van der Waals surface area contributed by atoms with Gasteiger partial charge >= 0.3 is 0 Å². The zero-order valence-corrected chi connectivity index (χ0v) is 16.5. The Morgan fingerprint density at radius 2 is 1.84 bits per heavy atom. The zero-order valence-electron chi connectivity index (χ0n) is 14.9. The molecule has 0 unspecified atom stereocenters. The highest BCUT2D eigenvalue weighted by Gasteiger charge is 2.15. The monoisotopic (exact) mass is 398 g/mol. The topological polar surface area (TPSA) is 41.8 Å². The third-order valence-corrected chi connectivity index (χ3v) is 5.51. The van der Waals surface area contributed by atoms with Gasteiger partial charge in [-0.1, -0.05) is 53.5 Å². The average molecular weight is 399 g/mol. The number of aromatic amines is 1. The molecule has 3 heteroatoms. The van der Waals surface area contributed by atoms with Crippen LogP contribution in [0.1, 0.15) is 43.7 Å². The van der Waals surface area contributed by atoms with E-state index in [1.165, 1.54) is 46.1 Å². The van der Waals surface area contributed by atoms with Crippen molar-refractivity contribution >= 4 is 26.8 Å². The van der Waals surface area contributed by atoms with E-state index in [-0.39, 0.29) is 0 Å². The molecule has 0 aliphatic carbocycles. The second-order valence-electron chi connectivity index (χ2n) is 6.69. The van der Waals surface area contributed by atoms with E-state index in [0.717, 1.165) is 36.7 Å². The zero-order chi connectivity index (χ0) is 17.6. The van der Waals surface area contributed by atoms with Gasteiger partial charge in [-0.3, -0.25) is 0 Å². The summed E-state index contributed by atoms with van der Waals surface area (Å²) in [4.78, 5) is 3.67. The van der Waals surface area contributed by atoms with E-state index in [0.29, 0.717) is 0 Å². The van der Waals surface area contributed by atoms with Crippen molar-refractivity contribution in [3.05, 3.63) is 58.1 Å². The van der Waals surface area contributed by atoms with Gasteiger partial charge in [0.25, 0.3) is 0 Å². The largest absolute Gasteiger partial charge is 0.354 e. The second-order valence-corrected chi connectivity index (χ2v) is 7.54. The number of halogens is 1. The van der Waals surface area contributed by atoms with E-state index in [1.54, 1.807) is 0 Å². The minimum atomic E-state index is 0.758. The van der Waals surface area contributed by atoms with Crippen LogP contribution in [0.25, 0.3) is 22.2 Å². The molecule has 0 fully saturated rings. The summed E-state index contributed by atoms with van der Waals surface area (Å²) in [6, 6.07) is 15.3. The van der Waals surface area contributed by atoms with E-state index in [4.69, 9.17) is 5.73 Å². The lowest BCUT2D eigenvalue weighted by Gasteiger charge is -2.07. The first kappa shape index (κ1) is 18.2. The summed E-state index contributed by atoms with van der Waals surface area (Å²) in [5.74, 6) is 0. The maximum atomic E-state index is 5.72. The van der Waals surface area contributed by atoms with E-state index in [9.17, 15) is 0 Å². The number of rotatable bonds is 8. The molecule has 1 aromatic heterocycles. The molecule has 3 aromatic rings. The van der Waals surface area contributed by atoms with Crippen molar-refractivity contribution in [3.63, 3.8) is 0 Å². The van der Waals surface area contributed by atoms with Gasteiger partial charge in [-0.2, -0.15) is 0 Å². The molecule has 25 heavy (non-hydrogen) atoms. The highest BCUT2D eigenvalue weighted by molar-refractivity contribution is 9.10. The first-order valence-corrected chi connectivity index (χ1v) is 10.1. The number of unbranched alkanes of at least 4 members (excludes halogenated alkanes) is 2. The van der Waals surface area contributed by atoms with Crippen LogP contribution in [-0.4, -0.2) is 11.5 Å². The van der Waals surface area contributed by atoms with Crippen molar-refractivity contribution in [1.82, 2.24) is 4.98 Å². The van der Waals surface area contributed by atoms with Gasteiger partial charge in [-0.25, -0.2) is 0 Å². The normalized spacial score (nSPS) is 11.3. The number of hydrogen-bond donors (Lipinski definition) is 2. The quantitative estimate of drug-likeness (QED) is 0.434. The summed E-state index contributed by atoms with van der Waals surface area (Å²) in [6.45, 7) is 3.01. The molecule has 0 aliphatic rings. The fraction of sp³-hybridized carbons (Fsp3) is 0.364. The molecule has 3 N–H and O–H groups in total. The van der Waals surface area contributed by atoms with Crippen molar-refractivity contribution in [2.75, 3.05) is 6.54 Å². The molecule has 1 heterocycles. The predicted octanol–water partition coefficient (Wildman–Crippen LogP) is 6.22. The Morgan fingerprint density at radius 3 is 2.60 bits per heavy atom. The fourth-order valence-electron chi connectivity index (χ4n) is 3.43. The SMILES string of the molecule is CCCCc1ccc2[nH]c(-c3ccccc3Br)c(CCCCN)c2c1. The lowest BCUT2D eigenvalue weighted by molar-refractivity contribution is 0.748. The molecule has 0 bridgehead atoms. The van der Waals surface area contributed by atoms with Gasteiger partial charge in [0, 0.05) is 20.9 Å². The Labute approximate surface area is 159 Å². The Balaban J connectivity index is 2.08. The van der Waals surface area contributed by atoms with Gasteiger partial charge in [0.2, 0.25) is 0 Å². The highest BCUT2D eigenvalue weighted by Crippen LogP contribution is 2.35. The van der Waals surface area contributed by atoms with Crippen LogP contribution in [0.5, 0.6) is 0 Å². The van der Waals surface area contributed by atoms with Crippen molar-refractivity contribution in [2.45, 2.75) is 45.4 Å². The van der Waals surface area contributed by atoms with Gasteiger partial charge in [-0.05, 0) is 68.0 Å². The van der Waals surface area contributed by atoms with E-state index < -0.39 is 0 Å². The molecule has 0 aliphatic heterocycles. The Hall–Kier alpha value is -1.58. The van der Waals surface area contributed by atoms with Crippen LogP contribution < -0.4 is 5.73 Å². The first-order valence-electron chi connectivity index (χ1n) is 9.33. The Kier molecular flexibility index (Phi) is 6.33. The van der Waals surface area contributed by atoms with Crippen LogP contribution in [0.15, 0.2) is 46.9 Å². The van der Waals surface area contributed by atoms with Crippen molar-refractivity contribution in [1.29, 1.82) is 0 Å². The molecule has 0 spiro atoms. The van der Waals surface area contributed by atoms with E-state index in [2.05, 4.69) is 70.3 Å². The first-order chi connectivity index (χ1) is 12.2. The van der Waals surface area contributed by atoms with Gasteiger partial charge in [0.05, 0.1) is 5.69 Å². The number of aromatic nitrogens is 1. The maximum absolute atomic E-state index is 5.72. The molecule has 0 amide bonds. The average Bonchev–Trinajstić information content (AvgIpc) is 2.98. The van der Waals surface area contributed by atoms with E-state index in [1.807, 2.05) is 0 Å². The molecule has 0 atom stereocenters. The van der Waals surface area contributed by atoms with Crippen LogP contribution in [0.3, 0.4) is 0 Å². The molecule has 0 saturated heterocycles. The van der Waals surface area contributed by atoms with Gasteiger partial charge < -0.3 is 10.7 Å². The molecule has 2 aromatic carbocycles. The van der Waals surface area contributed by atoms with Crippen LogP contribution >= 0.6 is 15.9 Å². The number of nitrogens with two attached hydrogens (primary N) is 1. The molecular weight excluding hydrogens is 372 g/mol. The van der Waals surface area contributed by atoms with Crippen LogP contribution in [0.4, 0.5) is 0 Å². The standard InChI is InChI=1S/C22H27BrN2/c1-2-3-8-16-12-13-21-19(15-16)17(9-6-7-14-24)22(25-21)18-10-4-5-11-20(18)23/h4-5,10-13,15,25H,2-3,6-9,14,24H2,1H3. The summed E-state index contributed by atoms with van der Waals surface area (Å²) in [5, 5.41) is 1.37. The highest BCUT2D eigenvalue weighted by atomic mass is 79.9. The minimum Gasteiger partial charge on any atom is -0.354 e. The van der Waals surface area contributed by atoms with Crippen molar-refractivity contribution < 1.29 is 0 Å². The van der Waals surface area contributed by atoms with Gasteiger partial charge in [0.15, 0.2) is 0 Å². The molecule has 0 radical (unpaired) electrons.